The summed E-state index contributed by atoms with van der Waals surface area (Å²) < 4.78 is 0. The lowest BCUT2D eigenvalue weighted by Crippen LogP contribution is -2.42. The highest BCUT2D eigenvalue weighted by atomic mass is 16.4. The lowest BCUT2D eigenvalue weighted by molar-refractivity contribution is -0.143. The van der Waals surface area contributed by atoms with E-state index >= 15 is 0 Å². The zero-order valence-electron chi connectivity index (χ0n) is 17.1. The normalized spacial score (nSPS) is 12.4. The molecular weight excluding hydrogens is 356 g/mol. The van der Waals surface area contributed by atoms with Gasteiger partial charge in [0.1, 0.15) is 0 Å². The molecule has 0 saturated heterocycles. The standard InChI is InChI=1S/C27H30O2/c1-2-3-4-14-21-25(26(28)29)27(22-15-8-5-9-16-22,23-17-10-6-11-18-23)24-19-12-7-13-20-24/h5-13,15-20,25H,2-4,14,21H2,1H3,(H,28,29). The van der Waals surface area contributed by atoms with Gasteiger partial charge >= 0.3 is 5.97 Å². The van der Waals surface area contributed by atoms with Gasteiger partial charge in [0.25, 0.3) is 0 Å². The molecule has 0 spiro atoms. The number of carboxylic acid groups (broad SMARTS) is 1. The smallest absolute Gasteiger partial charge is 0.308 e. The van der Waals surface area contributed by atoms with Gasteiger partial charge in [0, 0.05) is 0 Å². The molecule has 0 heterocycles. The van der Waals surface area contributed by atoms with Gasteiger partial charge in [-0.15, -0.1) is 0 Å². The Balaban J connectivity index is 2.24. The molecule has 3 aromatic rings. The first kappa shape index (κ1) is 20.9. The maximum Gasteiger partial charge on any atom is 0.308 e. The van der Waals surface area contributed by atoms with E-state index in [0.717, 1.165) is 42.4 Å². The Morgan fingerprint density at radius 3 is 1.48 bits per heavy atom. The van der Waals surface area contributed by atoms with Gasteiger partial charge in [-0.3, -0.25) is 4.79 Å². The van der Waals surface area contributed by atoms with Gasteiger partial charge in [-0.05, 0) is 23.1 Å². The molecule has 0 fully saturated rings. The monoisotopic (exact) mass is 386 g/mol. The first-order valence-corrected chi connectivity index (χ1v) is 10.6. The van der Waals surface area contributed by atoms with E-state index in [1.165, 1.54) is 0 Å². The second-order valence-electron chi connectivity index (χ2n) is 7.65. The van der Waals surface area contributed by atoms with Crippen LogP contribution in [0.5, 0.6) is 0 Å². The van der Waals surface area contributed by atoms with Crippen LogP contribution in [-0.4, -0.2) is 11.1 Å². The number of hydrogen-bond donors (Lipinski definition) is 1. The highest BCUT2D eigenvalue weighted by Gasteiger charge is 2.46. The maximum atomic E-state index is 12.7. The van der Waals surface area contributed by atoms with Crippen molar-refractivity contribution >= 4 is 5.97 Å². The molecular formula is C27H30O2. The van der Waals surface area contributed by atoms with Crippen molar-refractivity contribution in [3.05, 3.63) is 108 Å². The molecule has 0 aromatic heterocycles. The van der Waals surface area contributed by atoms with Crippen molar-refractivity contribution in [1.82, 2.24) is 0 Å². The number of carbonyl (C=O) groups is 1. The number of unbranched alkanes of at least 4 members (excludes halogenated alkanes) is 3. The van der Waals surface area contributed by atoms with Crippen LogP contribution < -0.4 is 0 Å². The molecule has 2 nitrogen and oxygen atoms in total. The van der Waals surface area contributed by atoms with Crippen LogP contribution in [0.3, 0.4) is 0 Å². The molecule has 0 radical (unpaired) electrons. The fraction of sp³-hybridized carbons (Fsp3) is 0.296. The summed E-state index contributed by atoms with van der Waals surface area (Å²) in [6, 6.07) is 30.4. The third-order valence-corrected chi connectivity index (χ3v) is 5.85. The minimum absolute atomic E-state index is 0.549. The Hall–Kier alpha value is -2.87. The van der Waals surface area contributed by atoms with E-state index in [0.29, 0.717) is 6.42 Å². The number of carboxylic acids is 1. The fourth-order valence-electron chi connectivity index (χ4n) is 4.51. The molecule has 0 amide bonds. The lowest BCUT2D eigenvalue weighted by Gasteiger charge is -2.41. The topological polar surface area (TPSA) is 37.3 Å². The largest absolute Gasteiger partial charge is 0.481 e. The van der Waals surface area contributed by atoms with Gasteiger partial charge < -0.3 is 5.11 Å². The van der Waals surface area contributed by atoms with Crippen molar-refractivity contribution in [3.63, 3.8) is 0 Å². The van der Waals surface area contributed by atoms with Crippen LogP contribution in [0.4, 0.5) is 0 Å². The van der Waals surface area contributed by atoms with Crippen molar-refractivity contribution < 1.29 is 9.90 Å². The van der Waals surface area contributed by atoms with Crippen LogP contribution in [0, 0.1) is 5.92 Å². The van der Waals surface area contributed by atoms with Crippen molar-refractivity contribution in [2.75, 3.05) is 0 Å². The summed E-state index contributed by atoms with van der Waals surface area (Å²) in [5.41, 5.74) is 2.35. The fourth-order valence-corrected chi connectivity index (χ4v) is 4.51. The van der Waals surface area contributed by atoms with Crippen LogP contribution in [0.25, 0.3) is 0 Å². The summed E-state index contributed by atoms with van der Waals surface area (Å²) in [6.45, 7) is 2.18. The molecule has 2 heteroatoms. The number of hydrogen-bond acceptors (Lipinski definition) is 1. The molecule has 29 heavy (non-hydrogen) atoms. The zero-order chi connectivity index (χ0) is 20.5. The summed E-state index contributed by atoms with van der Waals surface area (Å²) in [5, 5.41) is 10.4. The third kappa shape index (κ3) is 4.42. The summed E-state index contributed by atoms with van der Waals surface area (Å²) in [6.07, 6.45) is 4.90. The Morgan fingerprint density at radius 2 is 1.14 bits per heavy atom. The zero-order valence-corrected chi connectivity index (χ0v) is 17.1. The van der Waals surface area contributed by atoms with E-state index in [2.05, 4.69) is 43.3 Å². The van der Waals surface area contributed by atoms with E-state index < -0.39 is 17.3 Å². The van der Waals surface area contributed by atoms with Gasteiger partial charge in [-0.25, -0.2) is 0 Å². The van der Waals surface area contributed by atoms with Crippen LogP contribution in [0.1, 0.15) is 55.7 Å². The Bertz CT molecular complexity index is 776. The molecule has 1 N–H and O–H groups in total. The maximum absolute atomic E-state index is 12.7. The van der Waals surface area contributed by atoms with Crippen LogP contribution >= 0.6 is 0 Å². The Kier molecular flexibility index (Phi) is 7.24. The SMILES string of the molecule is CCCCCCC(C(=O)O)C(c1ccccc1)(c1ccccc1)c1ccccc1. The first-order valence-electron chi connectivity index (χ1n) is 10.6. The first-order chi connectivity index (χ1) is 14.2. The highest BCUT2D eigenvalue weighted by molar-refractivity contribution is 5.76. The molecule has 0 aliphatic rings. The molecule has 0 aliphatic carbocycles. The predicted octanol–water partition coefficient (Wildman–Crippen LogP) is 6.69. The molecule has 3 aromatic carbocycles. The average Bonchev–Trinajstić information content (AvgIpc) is 2.78. The number of rotatable bonds is 10. The third-order valence-electron chi connectivity index (χ3n) is 5.85. The summed E-state index contributed by atoms with van der Waals surface area (Å²) in [4.78, 5) is 12.7. The number of aliphatic carboxylic acids is 1. The molecule has 0 aliphatic heterocycles. The quantitative estimate of drug-likeness (QED) is 0.311. The van der Waals surface area contributed by atoms with E-state index in [9.17, 15) is 9.90 Å². The van der Waals surface area contributed by atoms with Gasteiger partial charge in [-0.1, -0.05) is 124 Å². The Labute approximate surface area is 174 Å². The van der Waals surface area contributed by atoms with Gasteiger partial charge in [-0.2, -0.15) is 0 Å². The summed E-state index contributed by atoms with van der Waals surface area (Å²) in [5.74, 6) is -1.29. The van der Waals surface area contributed by atoms with Crippen molar-refractivity contribution in [3.8, 4) is 0 Å². The highest BCUT2D eigenvalue weighted by Crippen LogP contribution is 2.47. The second-order valence-corrected chi connectivity index (χ2v) is 7.65. The van der Waals surface area contributed by atoms with Crippen LogP contribution in [-0.2, 0) is 10.2 Å². The lowest BCUT2D eigenvalue weighted by atomic mass is 9.60. The minimum Gasteiger partial charge on any atom is -0.481 e. The van der Waals surface area contributed by atoms with Gasteiger partial charge in [0.15, 0.2) is 0 Å². The van der Waals surface area contributed by atoms with E-state index in [4.69, 9.17) is 0 Å². The predicted molar refractivity (Wildman–Crippen MR) is 119 cm³/mol. The summed E-state index contributed by atoms with van der Waals surface area (Å²) in [7, 11) is 0. The molecule has 1 atom stereocenters. The van der Waals surface area contributed by atoms with Crippen LogP contribution in [0.15, 0.2) is 91.0 Å². The molecule has 1 unspecified atom stereocenters. The number of benzene rings is 3. The molecule has 0 saturated carbocycles. The molecule has 150 valence electrons. The molecule has 0 bridgehead atoms. The summed E-state index contributed by atoms with van der Waals surface area (Å²) >= 11 is 0. The van der Waals surface area contributed by atoms with Crippen LogP contribution in [0.2, 0.25) is 0 Å². The van der Waals surface area contributed by atoms with E-state index in [1.54, 1.807) is 0 Å². The second kappa shape index (κ2) is 10.1. The van der Waals surface area contributed by atoms with E-state index in [-0.39, 0.29) is 0 Å². The average molecular weight is 387 g/mol. The van der Waals surface area contributed by atoms with Gasteiger partial charge in [0.05, 0.1) is 11.3 Å². The van der Waals surface area contributed by atoms with E-state index in [1.807, 2.05) is 54.6 Å². The van der Waals surface area contributed by atoms with Crippen molar-refractivity contribution in [2.45, 2.75) is 44.4 Å². The van der Waals surface area contributed by atoms with Crippen molar-refractivity contribution in [2.24, 2.45) is 5.92 Å². The van der Waals surface area contributed by atoms with Crippen molar-refractivity contribution in [1.29, 1.82) is 0 Å². The van der Waals surface area contributed by atoms with Gasteiger partial charge in [0.2, 0.25) is 0 Å². The Morgan fingerprint density at radius 1 is 0.724 bits per heavy atom. The minimum atomic E-state index is -0.738. The molecule has 3 rings (SSSR count).